The molecule has 2 aliphatic rings. The predicted octanol–water partition coefficient (Wildman–Crippen LogP) is 4.25. The lowest BCUT2D eigenvalue weighted by Gasteiger charge is -2.34. The van der Waals surface area contributed by atoms with Crippen molar-refractivity contribution >= 4 is 17.4 Å². The molecule has 0 radical (unpaired) electrons. The summed E-state index contributed by atoms with van der Waals surface area (Å²) in [6.45, 7) is 2.19. The van der Waals surface area contributed by atoms with Gasteiger partial charge in [0.15, 0.2) is 5.82 Å². The van der Waals surface area contributed by atoms with Gasteiger partial charge in [-0.3, -0.25) is 9.48 Å². The van der Waals surface area contributed by atoms with Crippen LogP contribution in [0.3, 0.4) is 0 Å². The lowest BCUT2D eigenvalue weighted by atomic mass is 9.82. The second kappa shape index (κ2) is 9.54. The maximum atomic E-state index is 12.4. The first kappa shape index (κ1) is 23.9. The number of alkyl halides is 3. The van der Waals surface area contributed by atoms with Crippen LogP contribution in [0.2, 0.25) is 0 Å². The highest BCUT2D eigenvalue weighted by Crippen LogP contribution is 2.37. The number of amides is 1. The fourth-order valence-electron chi connectivity index (χ4n) is 4.58. The molecule has 0 spiro atoms. The maximum absolute atomic E-state index is 12.4. The van der Waals surface area contributed by atoms with E-state index in [4.69, 9.17) is 5.73 Å². The summed E-state index contributed by atoms with van der Waals surface area (Å²) in [5.41, 5.74) is 6.07. The first-order valence-corrected chi connectivity index (χ1v) is 11.3. The molecule has 4 atom stereocenters. The third kappa shape index (κ3) is 5.80. The number of carbonyl (C=O) groups is 1. The van der Waals surface area contributed by atoms with Gasteiger partial charge in [0.1, 0.15) is 11.3 Å². The molecule has 8 nitrogen and oxygen atoms in total. The highest BCUT2D eigenvalue weighted by Gasteiger charge is 2.36. The van der Waals surface area contributed by atoms with Crippen molar-refractivity contribution in [2.45, 2.75) is 63.5 Å². The average molecular weight is 477 g/mol. The largest absolute Gasteiger partial charge is 0.573 e. The number of aromatic nitrogens is 2. The first-order chi connectivity index (χ1) is 16.1. The minimum atomic E-state index is -4.78. The summed E-state index contributed by atoms with van der Waals surface area (Å²) in [4.78, 5) is 12.0. The van der Waals surface area contributed by atoms with Crippen molar-refractivity contribution in [2.75, 3.05) is 5.32 Å². The number of halogens is 3. The summed E-state index contributed by atoms with van der Waals surface area (Å²) in [5.74, 6) is -0.448. The number of anilines is 2. The van der Waals surface area contributed by atoms with Crippen LogP contribution in [0.5, 0.6) is 5.75 Å². The van der Waals surface area contributed by atoms with Crippen LogP contribution in [-0.2, 0) is 0 Å². The van der Waals surface area contributed by atoms with E-state index in [2.05, 4.69) is 33.5 Å². The Balaban J connectivity index is 1.47. The number of hydrogen-bond donors (Lipinski definition) is 3. The molecule has 2 aliphatic carbocycles. The van der Waals surface area contributed by atoms with E-state index in [1.807, 2.05) is 0 Å². The van der Waals surface area contributed by atoms with Gasteiger partial charge < -0.3 is 21.1 Å². The van der Waals surface area contributed by atoms with E-state index >= 15 is 0 Å². The molecule has 0 unspecified atom stereocenters. The van der Waals surface area contributed by atoms with Crippen molar-refractivity contribution in [1.29, 1.82) is 5.26 Å². The van der Waals surface area contributed by atoms with Gasteiger partial charge in [-0.25, -0.2) is 0 Å². The number of nitrogens with zero attached hydrogens (tertiary/aromatic N) is 3. The van der Waals surface area contributed by atoms with Gasteiger partial charge in [0.25, 0.3) is 5.91 Å². The van der Waals surface area contributed by atoms with Crippen molar-refractivity contribution in [3.05, 3.63) is 36.0 Å². The van der Waals surface area contributed by atoms with Gasteiger partial charge >= 0.3 is 6.36 Å². The van der Waals surface area contributed by atoms with Gasteiger partial charge in [0.05, 0.1) is 18.0 Å². The standard InChI is InChI=1S/C23H27F3N6O2/c1-13(14-2-3-14)29-17-6-9-20(15(10-17)11-27)32-12-19(21(28)33)22(31-32)30-16-4-7-18(8-5-16)34-23(24,25)26/h4-5,7-8,12-15,17,20,29H,2-3,6,9-10H2,1H3,(H2,28,33)(H,30,31)/t13-,15+,17-,20-/m0/s1. The van der Waals surface area contributed by atoms with Crippen molar-refractivity contribution in [1.82, 2.24) is 15.1 Å². The molecule has 4 rings (SSSR count). The number of hydrogen-bond acceptors (Lipinski definition) is 6. The summed E-state index contributed by atoms with van der Waals surface area (Å²) in [6.07, 6.45) is 1.54. The van der Waals surface area contributed by atoms with E-state index in [0.717, 1.165) is 30.9 Å². The number of benzene rings is 1. The topological polar surface area (TPSA) is 118 Å². The van der Waals surface area contributed by atoms with Crippen molar-refractivity contribution in [2.24, 2.45) is 17.6 Å². The lowest BCUT2D eigenvalue weighted by molar-refractivity contribution is -0.274. The zero-order chi connectivity index (χ0) is 24.5. The Kier molecular flexibility index (Phi) is 6.70. The monoisotopic (exact) mass is 476 g/mol. The van der Waals surface area contributed by atoms with E-state index in [0.29, 0.717) is 18.2 Å². The third-order valence-corrected chi connectivity index (χ3v) is 6.50. The summed E-state index contributed by atoms with van der Waals surface area (Å²) in [5, 5.41) is 20.9. The second-order valence-electron chi connectivity index (χ2n) is 9.04. The van der Waals surface area contributed by atoms with Gasteiger partial charge in [0, 0.05) is 24.0 Å². The number of nitriles is 1. The molecule has 1 aromatic heterocycles. The Morgan fingerprint density at radius 3 is 2.56 bits per heavy atom. The molecule has 2 fully saturated rings. The van der Waals surface area contributed by atoms with Gasteiger partial charge in [-0.1, -0.05) is 0 Å². The molecule has 182 valence electrons. The smallest absolute Gasteiger partial charge is 0.406 e. The zero-order valence-electron chi connectivity index (χ0n) is 18.7. The average Bonchev–Trinajstić information content (AvgIpc) is 3.54. The Hall–Kier alpha value is -3.26. The van der Waals surface area contributed by atoms with Crippen LogP contribution in [0.4, 0.5) is 24.7 Å². The Morgan fingerprint density at radius 1 is 1.26 bits per heavy atom. The van der Waals surface area contributed by atoms with Crippen LogP contribution < -0.4 is 21.1 Å². The SMILES string of the molecule is C[C@H](N[C@H]1CC[C@H](n2cc(C(N)=O)c(Nc3ccc(OC(F)(F)F)cc3)n2)[C@@H](C#N)C1)C1CC1. The quantitative estimate of drug-likeness (QED) is 0.524. The normalized spacial score (nSPS) is 23.7. The number of carbonyl (C=O) groups excluding carboxylic acids is 1. The summed E-state index contributed by atoms with van der Waals surface area (Å²) in [6, 6.07) is 7.94. The fourth-order valence-corrected chi connectivity index (χ4v) is 4.58. The van der Waals surface area contributed by atoms with Gasteiger partial charge in [-0.15, -0.1) is 13.2 Å². The molecule has 1 aromatic carbocycles. The number of primary amides is 1. The van der Waals surface area contributed by atoms with Crippen LogP contribution >= 0.6 is 0 Å². The van der Waals surface area contributed by atoms with Gasteiger partial charge in [0.2, 0.25) is 0 Å². The van der Waals surface area contributed by atoms with Crippen molar-refractivity contribution in [3.63, 3.8) is 0 Å². The zero-order valence-corrected chi connectivity index (χ0v) is 18.7. The highest BCUT2D eigenvalue weighted by molar-refractivity contribution is 5.98. The van der Waals surface area contributed by atoms with E-state index in [-0.39, 0.29) is 35.1 Å². The molecule has 2 saturated carbocycles. The van der Waals surface area contributed by atoms with E-state index in [9.17, 15) is 23.2 Å². The third-order valence-electron chi connectivity index (χ3n) is 6.50. The molecule has 0 saturated heterocycles. The Morgan fingerprint density at radius 2 is 1.97 bits per heavy atom. The lowest BCUT2D eigenvalue weighted by Crippen LogP contribution is -2.43. The van der Waals surface area contributed by atoms with E-state index in [1.54, 1.807) is 4.68 Å². The molecule has 1 amide bonds. The molecule has 0 bridgehead atoms. The minimum absolute atomic E-state index is 0.134. The van der Waals surface area contributed by atoms with E-state index in [1.165, 1.54) is 31.2 Å². The number of rotatable bonds is 8. The molecule has 0 aliphatic heterocycles. The highest BCUT2D eigenvalue weighted by atomic mass is 19.4. The van der Waals surface area contributed by atoms with Crippen LogP contribution in [0.15, 0.2) is 30.5 Å². The summed E-state index contributed by atoms with van der Waals surface area (Å²) >= 11 is 0. The Labute approximate surface area is 195 Å². The molecule has 2 aromatic rings. The first-order valence-electron chi connectivity index (χ1n) is 11.3. The van der Waals surface area contributed by atoms with Gasteiger partial charge in [-0.2, -0.15) is 10.4 Å². The molecule has 11 heteroatoms. The van der Waals surface area contributed by atoms with Crippen molar-refractivity contribution < 1.29 is 22.7 Å². The number of ether oxygens (including phenoxy) is 1. The second-order valence-corrected chi connectivity index (χ2v) is 9.04. The van der Waals surface area contributed by atoms with Gasteiger partial charge in [-0.05, 0) is 69.2 Å². The summed E-state index contributed by atoms with van der Waals surface area (Å²) < 4.78 is 42.6. The van der Waals surface area contributed by atoms with Crippen LogP contribution in [0, 0.1) is 23.2 Å². The number of nitrogens with two attached hydrogens (primary N) is 1. The minimum Gasteiger partial charge on any atom is -0.406 e. The molecule has 1 heterocycles. The van der Waals surface area contributed by atoms with Crippen LogP contribution in [-0.4, -0.2) is 34.1 Å². The fraction of sp³-hybridized carbons (Fsp3) is 0.522. The maximum Gasteiger partial charge on any atom is 0.573 e. The predicted molar refractivity (Wildman–Crippen MR) is 118 cm³/mol. The molecular weight excluding hydrogens is 449 g/mol. The Bertz CT molecular complexity index is 1060. The van der Waals surface area contributed by atoms with Crippen LogP contribution in [0.1, 0.15) is 55.4 Å². The van der Waals surface area contributed by atoms with Crippen molar-refractivity contribution in [3.8, 4) is 11.8 Å². The van der Waals surface area contributed by atoms with Crippen LogP contribution in [0.25, 0.3) is 0 Å². The number of nitrogens with one attached hydrogen (secondary N) is 2. The summed E-state index contributed by atoms with van der Waals surface area (Å²) in [7, 11) is 0. The molecule has 34 heavy (non-hydrogen) atoms. The molecule has 4 N–H and O–H groups in total. The molecular formula is C23H27F3N6O2. The van der Waals surface area contributed by atoms with E-state index < -0.39 is 12.3 Å².